The molecular formula is C23H34ClN3. The summed E-state index contributed by atoms with van der Waals surface area (Å²) >= 11 is 6.38. The molecule has 2 rings (SSSR count). The second-order valence-corrected chi connectivity index (χ2v) is 7.68. The van der Waals surface area contributed by atoms with Gasteiger partial charge >= 0.3 is 0 Å². The summed E-state index contributed by atoms with van der Waals surface area (Å²) in [4.78, 5) is 8.51. The zero-order valence-electron chi connectivity index (χ0n) is 16.9. The lowest BCUT2D eigenvalue weighted by Gasteiger charge is -2.11. The van der Waals surface area contributed by atoms with E-state index in [4.69, 9.17) is 17.3 Å². The Bertz CT molecular complexity index is 700. The molecule has 148 valence electrons. The zero-order chi connectivity index (χ0) is 19.5. The zero-order valence-corrected chi connectivity index (χ0v) is 17.7. The van der Waals surface area contributed by atoms with Crippen LogP contribution in [0.2, 0.25) is 5.15 Å². The lowest BCUT2D eigenvalue weighted by Crippen LogP contribution is -2.02. The number of halogens is 1. The first kappa shape index (κ1) is 21.7. The molecule has 3 nitrogen and oxygen atoms in total. The standard InChI is InChI=1S/C23H34ClN3/c1-3-5-6-7-8-9-10-11-12-14-18-15-13-16-19(17-18)21-20(4-2)26-23(25)27-22(21)24/h13,15-17H,3-12,14H2,1-2H3,(H2,25,26,27). The summed E-state index contributed by atoms with van der Waals surface area (Å²) in [5.41, 5.74) is 10.0. The molecule has 0 saturated carbocycles. The molecule has 2 aromatic rings. The van der Waals surface area contributed by atoms with Gasteiger partial charge in [-0.25, -0.2) is 9.97 Å². The number of aryl methyl sites for hydroxylation is 2. The molecule has 0 bridgehead atoms. The van der Waals surface area contributed by atoms with Crippen molar-refractivity contribution in [1.29, 1.82) is 0 Å². The molecule has 0 radical (unpaired) electrons. The highest BCUT2D eigenvalue weighted by Gasteiger charge is 2.13. The van der Waals surface area contributed by atoms with Gasteiger partial charge < -0.3 is 5.73 Å². The summed E-state index contributed by atoms with van der Waals surface area (Å²) in [6.45, 7) is 4.33. The third-order valence-electron chi connectivity index (χ3n) is 5.08. The van der Waals surface area contributed by atoms with Gasteiger partial charge in [-0.1, -0.05) is 101 Å². The van der Waals surface area contributed by atoms with Gasteiger partial charge in [0.15, 0.2) is 0 Å². The maximum absolute atomic E-state index is 6.38. The molecule has 1 aromatic heterocycles. The number of anilines is 1. The van der Waals surface area contributed by atoms with Crippen molar-refractivity contribution < 1.29 is 0 Å². The molecule has 4 heteroatoms. The molecular weight excluding hydrogens is 354 g/mol. The lowest BCUT2D eigenvalue weighted by atomic mass is 9.98. The Morgan fingerprint density at radius 3 is 2.22 bits per heavy atom. The average Bonchev–Trinajstić information content (AvgIpc) is 2.66. The van der Waals surface area contributed by atoms with Crippen LogP contribution in [-0.4, -0.2) is 9.97 Å². The monoisotopic (exact) mass is 387 g/mol. The Kier molecular flexibility index (Phi) is 9.61. The minimum atomic E-state index is 0.242. The molecule has 0 saturated heterocycles. The smallest absolute Gasteiger partial charge is 0.221 e. The van der Waals surface area contributed by atoms with Crippen LogP contribution in [0, 0.1) is 0 Å². The van der Waals surface area contributed by atoms with Crippen LogP contribution >= 0.6 is 11.6 Å². The summed E-state index contributed by atoms with van der Waals surface area (Å²) in [5.74, 6) is 0.242. The van der Waals surface area contributed by atoms with Crippen LogP contribution in [0.4, 0.5) is 5.95 Å². The number of hydrogen-bond donors (Lipinski definition) is 1. The first-order valence-electron chi connectivity index (χ1n) is 10.6. The van der Waals surface area contributed by atoms with Crippen LogP contribution in [0.3, 0.4) is 0 Å². The Morgan fingerprint density at radius 2 is 1.56 bits per heavy atom. The van der Waals surface area contributed by atoms with Crippen LogP contribution in [-0.2, 0) is 12.8 Å². The Balaban J connectivity index is 1.86. The number of nitrogens with zero attached hydrogens (tertiary/aromatic N) is 2. The summed E-state index contributed by atoms with van der Waals surface area (Å²) in [7, 11) is 0. The number of nitrogen functional groups attached to an aromatic ring is 1. The SMILES string of the molecule is CCCCCCCCCCCc1cccc(-c2c(Cl)nc(N)nc2CC)c1. The highest BCUT2D eigenvalue weighted by atomic mass is 35.5. The van der Waals surface area contributed by atoms with E-state index in [2.05, 4.69) is 48.1 Å². The minimum absolute atomic E-state index is 0.242. The van der Waals surface area contributed by atoms with Crippen LogP contribution in [0.15, 0.2) is 24.3 Å². The van der Waals surface area contributed by atoms with E-state index in [1.54, 1.807) is 0 Å². The van der Waals surface area contributed by atoms with Gasteiger partial charge in [-0.2, -0.15) is 0 Å². The number of aromatic nitrogens is 2. The van der Waals surface area contributed by atoms with E-state index < -0.39 is 0 Å². The summed E-state index contributed by atoms with van der Waals surface area (Å²) in [5, 5.41) is 0.444. The molecule has 0 atom stereocenters. The number of benzene rings is 1. The van der Waals surface area contributed by atoms with Gasteiger partial charge in [0.2, 0.25) is 5.95 Å². The summed E-state index contributed by atoms with van der Waals surface area (Å²) < 4.78 is 0. The van der Waals surface area contributed by atoms with Crippen molar-refractivity contribution in [3.63, 3.8) is 0 Å². The fourth-order valence-corrected chi connectivity index (χ4v) is 3.86. The largest absolute Gasteiger partial charge is 0.368 e. The number of unbranched alkanes of at least 4 members (excludes halogenated alkanes) is 8. The van der Waals surface area contributed by atoms with Crippen molar-refractivity contribution in [3.05, 3.63) is 40.7 Å². The summed E-state index contributed by atoms with van der Waals surface area (Å²) in [6, 6.07) is 8.61. The van der Waals surface area contributed by atoms with Crippen molar-refractivity contribution in [3.8, 4) is 11.1 Å². The van der Waals surface area contributed by atoms with Gasteiger partial charge in [-0.3, -0.25) is 0 Å². The van der Waals surface area contributed by atoms with Crippen molar-refractivity contribution in [2.24, 2.45) is 0 Å². The predicted molar refractivity (Wildman–Crippen MR) is 117 cm³/mol. The lowest BCUT2D eigenvalue weighted by molar-refractivity contribution is 0.565. The first-order valence-corrected chi connectivity index (χ1v) is 10.9. The third-order valence-corrected chi connectivity index (χ3v) is 5.35. The van der Waals surface area contributed by atoms with Gasteiger partial charge in [0, 0.05) is 5.56 Å². The molecule has 0 aliphatic heterocycles. The van der Waals surface area contributed by atoms with E-state index >= 15 is 0 Å². The predicted octanol–water partition coefficient (Wildman–Crippen LogP) is 7.01. The van der Waals surface area contributed by atoms with Crippen molar-refractivity contribution in [1.82, 2.24) is 9.97 Å². The van der Waals surface area contributed by atoms with E-state index in [9.17, 15) is 0 Å². The van der Waals surface area contributed by atoms with E-state index in [1.807, 2.05) is 0 Å². The molecule has 0 fully saturated rings. The average molecular weight is 388 g/mol. The fourth-order valence-electron chi connectivity index (χ4n) is 3.56. The first-order chi connectivity index (χ1) is 13.2. The highest BCUT2D eigenvalue weighted by molar-refractivity contribution is 6.32. The molecule has 0 amide bonds. The topological polar surface area (TPSA) is 51.8 Å². The summed E-state index contributed by atoms with van der Waals surface area (Å²) in [6.07, 6.45) is 14.1. The van der Waals surface area contributed by atoms with E-state index in [0.717, 1.165) is 29.7 Å². The van der Waals surface area contributed by atoms with E-state index in [-0.39, 0.29) is 5.95 Å². The molecule has 27 heavy (non-hydrogen) atoms. The maximum Gasteiger partial charge on any atom is 0.221 e. The van der Waals surface area contributed by atoms with E-state index in [0.29, 0.717) is 5.15 Å². The Morgan fingerprint density at radius 1 is 0.889 bits per heavy atom. The van der Waals surface area contributed by atoms with Gasteiger partial charge in [-0.15, -0.1) is 0 Å². The van der Waals surface area contributed by atoms with Gasteiger partial charge in [0.25, 0.3) is 0 Å². The highest BCUT2D eigenvalue weighted by Crippen LogP contribution is 2.31. The Hall–Kier alpha value is -1.61. The molecule has 0 spiro atoms. The third kappa shape index (κ3) is 7.14. The second-order valence-electron chi connectivity index (χ2n) is 7.33. The normalized spacial score (nSPS) is 11.1. The molecule has 0 unspecified atom stereocenters. The molecule has 0 aliphatic rings. The molecule has 0 aliphatic carbocycles. The molecule has 1 heterocycles. The maximum atomic E-state index is 6.38. The number of rotatable bonds is 12. The quantitative estimate of drug-likeness (QED) is 0.314. The number of hydrogen-bond acceptors (Lipinski definition) is 3. The van der Waals surface area contributed by atoms with Crippen molar-refractivity contribution >= 4 is 17.5 Å². The van der Waals surface area contributed by atoms with Crippen molar-refractivity contribution in [2.75, 3.05) is 5.73 Å². The fraction of sp³-hybridized carbons (Fsp3) is 0.565. The minimum Gasteiger partial charge on any atom is -0.368 e. The Labute approximate surface area is 169 Å². The second kappa shape index (κ2) is 12.0. The molecule has 1 aromatic carbocycles. The van der Waals surface area contributed by atoms with Crippen LogP contribution in [0.5, 0.6) is 0 Å². The van der Waals surface area contributed by atoms with Crippen LogP contribution in [0.1, 0.15) is 82.9 Å². The van der Waals surface area contributed by atoms with Gasteiger partial charge in [0.05, 0.1) is 5.69 Å². The van der Waals surface area contributed by atoms with E-state index in [1.165, 1.54) is 63.4 Å². The van der Waals surface area contributed by atoms with Gasteiger partial charge in [-0.05, 0) is 30.4 Å². The number of nitrogens with two attached hydrogens (primary N) is 1. The molecule has 2 N–H and O–H groups in total. The van der Waals surface area contributed by atoms with Crippen molar-refractivity contribution in [2.45, 2.75) is 84.5 Å². The van der Waals surface area contributed by atoms with Gasteiger partial charge in [0.1, 0.15) is 5.15 Å². The van der Waals surface area contributed by atoms with Crippen LogP contribution < -0.4 is 5.73 Å². The van der Waals surface area contributed by atoms with Crippen LogP contribution in [0.25, 0.3) is 11.1 Å².